The third kappa shape index (κ3) is 4.50. The number of nitrogens with zero attached hydrogens (tertiary/aromatic N) is 6. The summed E-state index contributed by atoms with van der Waals surface area (Å²) in [6.07, 6.45) is 9.43. The SMILES string of the molecule is c1ccc(-c2cc(-c3ccc(-n4c5ccccc5c5cnccc54)cc3)cc(-c3ccc(-n4c5ccccc5c5cnccc54)cc3)n2)nc1. The van der Waals surface area contributed by atoms with E-state index in [0.29, 0.717) is 0 Å². The molecule has 0 atom stereocenters. The summed E-state index contributed by atoms with van der Waals surface area (Å²) in [4.78, 5) is 18.6. The summed E-state index contributed by atoms with van der Waals surface area (Å²) in [5, 5.41) is 4.67. The van der Waals surface area contributed by atoms with E-state index < -0.39 is 0 Å². The van der Waals surface area contributed by atoms with E-state index >= 15 is 0 Å². The lowest BCUT2D eigenvalue weighted by Gasteiger charge is -2.13. The standard InChI is InChI=1S/C44H28N6/c1-3-10-41-34(7-1)36-27-45-23-20-43(36)49(41)32-16-12-29(13-17-32)31-25-39(48-40(26-31)38-9-5-6-22-47-38)30-14-18-33(19-15-30)50-42-11-4-2-8-35(42)37-28-46-24-21-44(37)50/h1-28H. The van der Waals surface area contributed by atoms with Gasteiger partial charge in [-0.3, -0.25) is 15.0 Å². The van der Waals surface area contributed by atoms with Crippen LogP contribution in [0.15, 0.2) is 171 Å². The summed E-state index contributed by atoms with van der Waals surface area (Å²) < 4.78 is 4.61. The van der Waals surface area contributed by atoms with Crippen LogP contribution in [-0.2, 0) is 0 Å². The number of pyridine rings is 4. The Morgan fingerprint density at radius 1 is 0.360 bits per heavy atom. The van der Waals surface area contributed by atoms with Crippen LogP contribution in [0, 0.1) is 0 Å². The molecule has 0 aliphatic carbocycles. The van der Waals surface area contributed by atoms with Gasteiger partial charge in [0.1, 0.15) is 0 Å². The first-order valence-corrected chi connectivity index (χ1v) is 16.6. The molecule has 0 fully saturated rings. The highest BCUT2D eigenvalue weighted by Gasteiger charge is 2.15. The van der Waals surface area contributed by atoms with Gasteiger partial charge in [0.05, 0.1) is 39.1 Å². The molecule has 234 valence electrons. The maximum absolute atomic E-state index is 5.13. The molecule has 50 heavy (non-hydrogen) atoms. The van der Waals surface area contributed by atoms with Crippen molar-refractivity contribution in [3.05, 3.63) is 171 Å². The first-order valence-electron chi connectivity index (χ1n) is 16.6. The van der Waals surface area contributed by atoms with Crippen LogP contribution >= 0.6 is 0 Å². The average molecular weight is 641 g/mol. The van der Waals surface area contributed by atoms with Crippen LogP contribution < -0.4 is 0 Å². The van der Waals surface area contributed by atoms with Crippen molar-refractivity contribution in [1.29, 1.82) is 0 Å². The number of fused-ring (bicyclic) bond motifs is 6. The zero-order valence-corrected chi connectivity index (χ0v) is 26.8. The van der Waals surface area contributed by atoms with E-state index in [4.69, 9.17) is 4.98 Å². The monoisotopic (exact) mass is 640 g/mol. The first kappa shape index (κ1) is 28.1. The Morgan fingerprint density at radius 2 is 0.880 bits per heavy atom. The van der Waals surface area contributed by atoms with Crippen molar-refractivity contribution in [3.8, 4) is 45.1 Å². The Bertz CT molecular complexity index is 2570. The predicted molar refractivity (Wildman–Crippen MR) is 203 cm³/mol. The molecule has 0 bridgehead atoms. The van der Waals surface area contributed by atoms with E-state index in [1.165, 1.54) is 10.8 Å². The van der Waals surface area contributed by atoms with Crippen molar-refractivity contribution in [1.82, 2.24) is 29.1 Å². The van der Waals surface area contributed by atoms with Gasteiger partial charge in [0.2, 0.25) is 0 Å². The summed E-state index contributed by atoms with van der Waals surface area (Å²) in [5.74, 6) is 0. The molecule has 6 heteroatoms. The highest BCUT2D eigenvalue weighted by Crippen LogP contribution is 2.35. The van der Waals surface area contributed by atoms with Crippen LogP contribution in [0.2, 0.25) is 0 Å². The van der Waals surface area contributed by atoms with Crippen LogP contribution in [0.3, 0.4) is 0 Å². The van der Waals surface area contributed by atoms with Crippen molar-refractivity contribution in [2.24, 2.45) is 0 Å². The van der Waals surface area contributed by atoms with Gasteiger partial charge < -0.3 is 9.13 Å². The average Bonchev–Trinajstić information content (AvgIpc) is 3.71. The van der Waals surface area contributed by atoms with E-state index in [9.17, 15) is 0 Å². The second-order valence-corrected chi connectivity index (χ2v) is 12.4. The van der Waals surface area contributed by atoms with Gasteiger partial charge in [-0.1, -0.05) is 66.7 Å². The quantitative estimate of drug-likeness (QED) is 0.188. The molecular formula is C44H28N6. The molecule has 0 unspecified atom stereocenters. The smallest absolute Gasteiger partial charge is 0.0899 e. The van der Waals surface area contributed by atoms with Crippen molar-refractivity contribution >= 4 is 43.6 Å². The van der Waals surface area contributed by atoms with Gasteiger partial charge in [0.15, 0.2) is 0 Å². The lowest BCUT2D eigenvalue weighted by atomic mass is 10.0. The molecule has 0 amide bonds. The molecule has 10 rings (SSSR count). The number of benzene rings is 4. The van der Waals surface area contributed by atoms with E-state index in [1.54, 1.807) is 0 Å². The Labute approximate surface area is 287 Å². The van der Waals surface area contributed by atoms with Gasteiger partial charge in [0, 0.05) is 69.5 Å². The van der Waals surface area contributed by atoms with Gasteiger partial charge in [0.25, 0.3) is 0 Å². The topological polar surface area (TPSA) is 61.4 Å². The van der Waals surface area contributed by atoms with Gasteiger partial charge in [-0.25, -0.2) is 4.98 Å². The number of hydrogen-bond acceptors (Lipinski definition) is 4. The normalized spacial score (nSPS) is 11.6. The molecule has 0 radical (unpaired) electrons. The minimum atomic E-state index is 0.830. The maximum Gasteiger partial charge on any atom is 0.0899 e. The molecule has 6 nitrogen and oxygen atoms in total. The molecule has 0 spiro atoms. The lowest BCUT2D eigenvalue weighted by molar-refractivity contribution is 1.17. The van der Waals surface area contributed by atoms with Gasteiger partial charge in [-0.2, -0.15) is 0 Å². The van der Waals surface area contributed by atoms with Crippen molar-refractivity contribution in [2.45, 2.75) is 0 Å². The van der Waals surface area contributed by atoms with E-state index in [0.717, 1.165) is 78.0 Å². The summed E-state index contributed by atoms with van der Waals surface area (Å²) >= 11 is 0. The number of rotatable bonds is 5. The summed E-state index contributed by atoms with van der Waals surface area (Å²) in [5.41, 5.74) is 12.5. The summed E-state index contributed by atoms with van der Waals surface area (Å²) in [6.45, 7) is 0. The Balaban J connectivity index is 1.07. The molecule has 4 aromatic carbocycles. The minimum absolute atomic E-state index is 0.830. The van der Waals surface area contributed by atoms with Gasteiger partial charge in [-0.05, 0) is 83.9 Å². The fraction of sp³-hybridized carbons (Fsp3) is 0. The number of para-hydroxylation sites is 2. The lowest BCUT2D eigenvalue weighted by Crippen LogP contribution is -1.96. The third-order valence-corrected chi connectivity index (χ3v) is 9.58. The molecular weight excluding hydrogens is 613 g/mol. The highest BCUT2D eigenvalue weighted by molar-refractivity contribution is 6.09. The molecule has 0 aliphatic heterocycles. The third-order valence-electron chi connectivity index (χ3n) is 9.58. The van der Waals surface area contributed by atoms with Crippen molar-refractivity contribution < 1.29 is 0 Å². The number of aromatic nitrogens is 6. The molecule has 0 aliphatic rings. The first-order chi connectivity index (χ1) is 24.8. The molecule has 0 saturated carbocycles. The Morgan fingerprint density at radius 3 is 1.46 bits per heavy atom. The van der Waals surface area contributed by atoms with E-state index in [1.807, 2.05) is 49.2 Å². The van der Waals surface area contributed by atoms with Gasteiger partial charge in [-0.15, -0.1) is 0 Å². The van der Waals surface area contributed by atoms with Crippen LogP contribution in [0.5, 0.6) is 0 Å². The van der Waals surface area contributed by atoms with Crippen LogP contribution in [-0.4, -0.2) is 29.1 Å². The largest absolute Gasteiger partial charge is 0.309 e. The summed E-state index contributed by atoms with van der Waals surface area (Å²) in [6, 6.07) is 48.8. The van der Waals surface area contributed by atoms with E-state index in [-0.39, 0.29) is 0 Å². The molecule has 6 heterocycles. The maximum atomic E-state index is 5.13. The molecule has 10 aromatic rings. The fourth-order valence-electron chi connectivity index (χ4n) is 7.26. The van der Waals surface area contributed by atoms with Crippen LogP contribution in [0.25, 0.3) is 88.8 Å². The molecule has 0 saturated heterocycles. The van der Waals surface area contributed by atoms with Crippen LogP contribution in [0.4, 0.5) is 0 Å². The van der Waals surface area contributed by atoms with Crippen molar-refractivity contribution in [3.63, 3.8) is 0 Å². The van der Waals surface area contributed by atoms with Crippen LogP contribution in [0.1, 0.15) is 0 Å². The molecule has 0 N–H and O–H groups in total. The second-order valence-electron chi connectivity index (χ2n) is 12.4. The van der Waals surface area contributed by atoms with Crippen molar-refractivity contribution in [2.75, 3.05) is 0 Å². The fourth-order valence-corrected chi connectivity index (χ4v) is 7.26. The van der Waals surface area contributed by atoms with E-state index in [2.05, 4.69) is 145 Å². The predicted octanol–water partition coefficient (Wildman–Crippen LogP) is 10.5. The zero-order chi connectivity index (χ0) is 33.0. The minimum Gasteiger partial charge on any atom is -0.309 e. The Kier molecular flexibility index (Phi) is 6.39. The second kappa shape index (κ2) is 11.4. The number of hydrogen-bond donors (Lipinski definition) is 0. The Hall–Kier alpha value is -6.92. The highest BCUT2D eigenvalue weighted by atomic mass is 15.0. The zero-order valence-electron chi connectivity index (χ0n) is 26.8. The van der Waals surface area contributed by atoms with Gasteiger partial charge >= 0.3 is 0 Å². The summed E-state index contributed by atoms with van der Waals surface area (Å²) in [7, 11) is 0. The molecule has 6 aromatic heterocycles.